The molecule has 8 heteroatoms. The van der Waals surface area contributed by atoms with E-state index in [-0.39, 0.29) is 5.91 Å². The van der Waals surface area contributed by atoms with Crippen LogP contribution in [0.5, 0.6) is 0 Å². The Morgan fingerprint density at radius 1 is 1.17 bits per heavy atom. The van der Waals surface area contributed by atoms with Crippen LogP contribution in [-0.4, -0.2) is 25.7 Å². The highest BCUT2D eigenvalue weighted by molar-refractivity contribution is 7.13. The quantitative estimate of drug-likeness (QED) is 0.439. The molecule has 5 rings (SSSR count). The van der Waals surface area contributed by atoms with E-state index in [1.54, 1.807) is 28.4 Å². The highest BCUT2D eigenvalue weighted by atomic mass is 32.1. The average Bonchev–Trinajstić information content (AvgIpc) is 3.52. The molecule has 30 heavy (non-hydrogen) atoms. The molecule has 0 saturated carbocycles. The average molecular weight is 415 g/mol. The maximum Gasteiger partial charge on any atom is 0.275 e. The maximum atomic E-state index is 12.7. The van der Waals surface area contributed by atoms with Gasteiger partial charge in [-0.2, -0.15) is 5.10 Å². The lowest BCUT2D eigenvalue weighted by atomic mass is 10.3. The van der Waals surface area contributed by atoms with Gasteiger partial charge in [-0.3, -0.25) is 4.79 Å². The van der Waals surface area contributed by atoms with Crippen LogP contribution in [0, 0.1) is 0 Å². The van der Waals surface area contributed by atoms with Gasteiger partial charge in [0.25, 0.3) is 5.91 Å². The Hall–Kier alpha value is -3.78. The monoisotopic (exact) mass is 415 g/mol. The lowest BCUT2D eigenvalue weighted by molar-refractivity contribution is 0.102. The van der Waals surface area contributed by atoms with E-state index in [9.17, 15) is 4.79 Å². The van der Waals surface area contributed by atoms with Gasteiger partial charge in [0, 0.05) is 29.2 Å². The first-order valence-electron chi connectivity index (χ1n) is 9.46. The minimum absolute atomic E-state index is 0.272. The summed E-state index contributed by atoms with van der Waals surface area (Å²) in [5, 5.41) is 9.75. The van der Waals surface area contributed by atoms with Crippen LogP contribution in [-0.2, 0) is 6.42 Å². The number of aryl methyl sites for hydroxylation is 1. The molecule has 0 atom stereocenters. The third kappa shape index (κ3) is 3.48. The number of para-hydroxylation sites is 1. The second-order valence-electron chi connectivity index (χ2n) is 6.64. The van der Waals surface area contributed by atoms with Gasteiger partial charge < -0.3 is 9.73 Å². The van der Waals surface area contributed by atoms with Gasteiger partial charge in [-0.15, -0.1) is 11.3 Å². The van der Waals surface area contributed by atoms with Crippen LogP contribution in [0.1, 0.15) is 23.3 Å². The van der Waals surface area contributed by atoms with E-state index in [4.69, 9.17) is 4.42 Å². The van der Waals surface area contributed by atoms with E-state index in [2.05, 4.69) is 20.4 Å². The van der Waals surface area contributed by atoms with E-state index >= 15 is 0 Å². The Kier molecular flexibility index (Phi) is 4.61. The number of aromatic nitrogens is 4. The topological polar surface area (TPSA) is 85.8 Å². The number of carbonyl (C=O) groups excluding carboxylic acids is 1. The van der Waals surface area contributed by atoms with E-state index in [1.807, 2.05) is 49.5 Å². The number of hydrogen-bond donors (Lipinski definition) is 1. The van der Waals surface area contributed by atoms with Crippen molar-refractivity contribution in [2.75, 3.05) is 5.32 Å². The van der Waals surface area contributed by atoms with Crippen LogP contribution < -0.4 is 5.32 Å². The Bertz CT molecular complexity index is 1340. The van der Waals surface area contributed by atoms with Gasteiger partial charge in [0.2, 0.25) is 0 Å². The second-order valence-corrected chi connectivity index (χ2v) is 7.50. The summed E-state index contributed by atoms with van der Waals surface area (Å²) in [5.74, 6) is 0.403. The SMILES string of the molecule is CCc1nc2cc(NC(=O)c3csc(-c4cnn(-c5ccccc5)c4)n3)ccc2o1. The fourth-order valence-corrected chi connectivity index (χ4v) is 3.84. The molecular weight excluding hydrogens is 398 g/mol. The van der Waals surface area contributed by atoms with Crippen molar-refractivity contribution in [3.63, 3.8) is 0 Å². The minimum atomic E-state index is -0.272. The first-order valence-corrected chi connectivity index (χ1v) is 10.3. The normalized spacial score (nSPS) is 11.1. The lowest BCUT2D eigenvalue weighted by Gasteiger charge is -2.02. The van der Waals surface area contributed by atoms with Gasteiger partial charge in [0.1, 0.15) is 16.2 Å². The molecule has 0 aliphatic heterocycles. The van der Waals surface area contributed by atoms with E-state index in [0.717, 1.165) is 28.2 Å². The van der Waals surface area contributed by atoms with Gasteiger partial charge in [-0.05, 0) is 30.3 Å². The number of nitrogens with zero attached hydrogens (tertiary/aromatic N) is 4. The Labute approximate surface area is 176 Å². The summed E-state index contributed by atoms with van der Waals surface area (Å²) >= 11 is 1.41. The van der Waals surface area contributed by atoms with Crippen molar-refractivity contribution in [1.29, 1.82) is 0 Å². The molecule has 1 N–H and O–H groups in total. The number of oxazole rings is 1. The molecular formula is C22H17N5O2S. The van der Waals surface area contributed by atoms with Gasteiger partial charge in [-0.1, -0.05) is 25.1 Å². The second kappa shape index (κ2) is 7.57. The van der Waals surface area contributed by atoms with Crippen molar-refractivity contribution in [3.8, 4) is 16.3 Å². The number of thiazole rings is 1. The molecule has 7 nitrogen and oxygen atoms in total. The summed E-state index contributed by atoms with van der Waals surface area (Å²) in [5.41, 5.74) is 4.26. The maximum absolute atomic E-state index is 12.7. The molecule has 0 aliphatic carbocycles. The van der Waals surface area contributed by atoms with Crippen LogP contribution in [0.3, 0.4) is 0 Å². The summed E-state index contributed by atoms with van der Waals surface area (Å²) < 4.78 is 7.39. The molecule has 0 radical (unpaired) electrons. The number of rotatable bonds is 5. The zero-order valence-electron chi connectivity index (χ0n) is 16.1. The van der Waals surface area contributed by atoms with Crippen LogP contribution in [0.25, 0.3) is 27.4 Å². The standard InChI is InChI=1S/C22H17N5O2S/c1-2-20-25-17-10-15(8-9-19(17)29-20)24-21(28)18-13-30-22(26-18)14-11-23-27(12-14)16-6-4-3-5-7-16/h3-13H,2H2,1H3,(H,24,28). The highest BCUT2D eigenvalue weighted by Crippen LogP contribution is 2.25. The Balaban J connectivity index is 1.34. The number of fused-ring (bicyclic) bond motifs is 1. The molecule has 148 valence electrons. The third-order valence-corrected chi connectivity index (χ3v) is 5.47. The number of anilines is 1. The molecule has 3 aromatic heterocycles. The minimum Gasteiger partial charge on any atom is -0.441 e. The molecule has 0 aliphatic rings. The Morgan fingerprint density at radius 3 is 2.87 bits per heavy atom. The zero-order chi connectivity index (χ0) is 20.5. The number of carbonyl (C=O) groups is 1. The fourth-order valence-electron chi connectivity index (χ4n) is 3.07. The van der Waals surface area contributed by atoms with Crippen LogP contribution in [0.4, 0.5) is 5.69 Å². The predicted molar refractivity (Wildman–Crippen MR) is 116 cm³/mol. The van der Waals surface area contributed by atoms with E-state index in [1.165, 1.54) is 11.3 Å². The first kappa shape index (κ1) is 18.3. The molecule has 2 aromatic carbocycles. The zero-order valence-corrected chi connectivity index (χ0v) is 16.9. The van der Waals surface area contributed by atoms with Crippen molar-refractivity contribution in [2.45, 2.75) is 13.3 Å². The highest BCUT2D eigenvalue weighted by Gasteiger charge is 2.14. The van der Waals surface area contributed by atoms with Gasteiger partial charge >= 0.3 is 0 Å². The molecule has 0 saturated heterocycles. The van der Waals surface area contributed by atoms with Crippen molar-refractivity contribution >= 4 is 34.0 Å². The van der Waals surface area contributed by atoms with Crippen molar-refractivity contribution in [3.05, 3.63) is 77.9 Å². The smallest absolute Gasteiger partial charge is 0.275 e. The predicted octanol–water partition coefficient (Wildman–Crippen LogP) is 4.95. The van der Waals surface area contributed by atoms with Crippen molar-refractivity contribution in [2.24, 2.45) is 0 Å². The van der Waals surface area contributed by atoms with Crippen LogP contribution in [0.2, 0.25) is 0 Å². The summed E-state index contributed by atoms with van der Waals surface area (Å²) in [6, 6.07) is 15.2. The van der Waals surface area contributed by atoms with Crippen molar-refractivity contribution < 1.29 is 9.21 Å². The summed E-state index contributed by atoms with van der Waals surface area (Å²) in [4.78, 5) is 21.5. The van der Waals surface area contributed by atoms with Gasteiger partial charge in [-0.25, -0.2) is 14.6 Å². The van der Waals surface area contributed by atoms with Gasteiger partial charge in [0.15, 0.2) is 11.5 Å². The van der Waals surface area contributed by atoms with Gasteiger partial charge in [0.05, 0.1) is 11.9 Å². The number of amides is 1. The fraction of sp³-hybridized carbons (Fsp3) is 0.0909. The van der Waals surface area contributed by atoms with Crippen molar-refractivity contribution in [1.82, 2.24) is 19.7 Å². The Morgan fingerprint density at radius 2 is 2.03 bits per heavy atom. The third-order valence-electron chi connectivity index (χ3n) is 4.58. The number of benzene rings is 2. The summed E-state index contributed by atoms with van der Waals surface area (Å²) in [6.07, 6.45) is 4.37. The molecule has 1 amide bonds. The first-order chi connectivity index (χ1) is 14.7. The molecule has 0 unspecified atom stereocenters. The van der Waals surface area contributed by atoms with E-state index < -0.39 is 0 Å². The van der Waals surface area contributed by atoms with E-state index in [0.29, 0.717) is 22.9 Å². The number of hydrogen-bond acceptors (Lipinski definition) is 6. The van der Waals surface area contributed by atoms with Crippen LogP contribution in [0.15, 0.2) is 70.7 Å². The van der Waals surface area contributed by atoms with Crippen LogP contribution >= 0.6 is 11.3 Å². The summed E-state index contributed by atoms with van der Waals surface area (Å²) in [7, 11) is 0. The molecule has 0 spiro atoms. The lowest BCUT2D eigenvalue weighted by Crippen LogP contribution is -2.12. The molecule has 0 bridgehead atoms. The summed E-state index contributed by atoms with van der Waals surface area (Å²) in [6.45, 7) is 1.98. The largest absolute Gasteiger partial charge is 0.441 e. The molecule has 5 aromatic rings. The molecule has 3 heterocycles. The number of nitrogens with one attached hydrogen (secondary N) is 1. The molecule has 0 fully saturated rings.